The Morgan fingerprint density at radius 3 is 2.83 bits per heavy atom. The van der Waals surface area contributed by atoms with Crippen molar-refractivity contribution in [2.24, 2.45) is 0 Å². The minimum atomic E-state index is -0.300. The first-order chi connectivity index (χ1) is 8.70. The first-order valence-electron chi connectivity index (χ1n) is 5.12. The fourth-order valence-electron chi connectivity index (χ4n) is 1.38. The summed E-state index contributed by atoms with van der Waals surface area (Å²) in [6.45, 7) is 0. The molecule has 0 saturated heterocycles. The van der Waals surface area contributed by atoms with E-state index in [4.69, 9.17) is 5.26 Å². The molecule has 0 atom stereocenters. The zero-order valence-electron chi connectivity index (χ0n) is 9.22. The van der Waals surface area contributed by atoms with Crippen LogP contribution in [0.4, 0.5) is 5.69 Å². The van der Waals surface area contributed by atoms with Gasteiger partial charge in [0, 0.05) is 16.9 Å². The Balaban J connectivity index is 2.23. The van der Waals surface area contributed by atoms with Gasteiger partial charge in [0.15, 0.2) is 0 Å². The maximum atomic E-state index is 12.0. The average Bonchev–Trinajstić information content (AvgIpc) is 2.41. The SMILES string of the molecule is N#Cc1cncc(C(=O)Nc2ccccc2Br)c1. The molecule has 1 heterocycles. The van der Waals surface area contributed by atoms with E-state index in [0.717, 1.165) is 4.47 Å². The molecule has 1 amide bonds. The quantitative estimate of drug-likeness (QED) is 0.927. The van der Waals surface area contributed by atoms with Crippen LogP contribution in [-0.2, 0) is 0 Å². The van der Waals surface area contributed by atoms with Gasteiger partial charge >= 0.3 is 0 Å². The summed E-state index contributed by atoms with van der Waals surface area (Å²) in [7, 11) is 0. The van der Waals surface area contributed by atoms with Crippen LogP contribution in [0, 0.1) is 11.3 Å². The van der Waals surface area contributed by atoms with Crippen molar-refractivity contribution in [3.05, 3.63) is 58.3 Å². The Hall–Kier alpha value is -2.19. The predicted octanol–water partition coefficient (Wildman–Crippen LogP) is 2.97. The Morgan fingerprint density at radius 2 is 2.11 bits per heavy atom. The molecule has 4 nitrogen and oxygen atoms in total. The fraction of sp³-hybridized carbons (Fsp3) is 0. The van der Waals surface area contributed by atoms with E-state index < -0.39 is 0 Å². The second-order valence-corrected chi connectivity index (χ2v) is 4.36. The van der Waals surface area contributed by atoms with Crippen molar-refractivity contribution in [3.63, 3.8) is 0 Å². The maximum absolute atomic E-state index is 12.0. The first-order valence-corrected chi connectivity index (χ1v) is 5.91. The fourth-order valence-corrected chi connectivity index (χ4v) is 1.77. The number of halogens is 1. The minimum absolute atomic E-state index is 0.300. The van der Waals surface area contributed by atoms with E-state index in [-0.39, 0.29) is 5.91 Å². The molecular formula is C13H8BrN3O. The minimum Gasteiger partial charge on any atom is -0.321 e. The van der Waals surface area contributed by atoms with Crippen molar-refractivity contribution in [1.29, 1.82) is 5.26 Å². The monoisotopic (exact) mass is 301 g/mol. The van der Waals surface area contributed by atoms with E-state index in [1.54, 1.807) is 6.07 Å². The highest BCUT2D eigenvalue weighted by molar-refractivity contribution is 9.10. The van der Waals surface area contributed by atoms with E-state index in [9.17, 15) is 4.79 Å². The van der Waals surface area contributed by atoms with Crippen LogP contribution in [0.3, 0.4) is 0 Å². The van der Waals surface area contributed by atoms with Crippen LogP contribution in [-0.4, -0.2) is 10.9 Å². The Morgan fingerprint density at radius 1 is 1.33 bits per heavy atom. The number of nitrogens with one attached hydrogen (secondary N) is 1. The van der Waals surface area contributed by atoms with Crippen LogP contribution in [0.1, 0.15) is 15.9 Å². The predicted molar refractivity (Wildman–Crippen MR) is 71.0 cm³/mol. The first kappa shape index (κ1) is 12.3. The van der Waals surface area contributed by atoms with Gasteiger partial charge in [0.25, 0.3) is 5.91 Å². The molecular weight excluding hydrogens is 294 g/mol. The van der Waals surface area contributed by atoms with Crippen molar-refractivity contribution in [3.8, 4) is 6.07 Å². The number of nitrogens with zero attached hydrogens (tertiary/aromatic N) is 2. The zero-order chi connectivity index (χ0) is 13.0. The van der Waals surface area contributed by atoms with E-state index in [1.165, 1.54) is 18.5 Å². The number of para-hydroxylation sites is 1. The summed E-state index contributed by atoms with van der Waals surface area (Å²) in [4.78, 5) is 15.8. The van der Waals surface area contributed by atoms with Gasteiger partial charge in [0.1, 0.15) is 6.07 Å². The third-order valence-electron chi connectivity index (χ3n) is 2.25. The highest BCUT2D eigenvalue weighted by atomic mass is 79.9. The zero-order valence-corrected chi connectivity index (χ0v) is 10.8. The molecule has 0 aliphatic rings. The van der Waals surface area contributed by atoms with Gasteiger partial charge < -0.3 is 5.32 Å². The van der Waals surface area contributed by atoms with E-state index >= 15 is 0 Å². The van der Waals surface area contributed by atoms with E-state index in [0.29, 0.717) is 16.8 Å². The summed E-state index contributed by atoms with van der Waals surface area (Å²) in [6, 6.07) is 10.7. The highest BCUT2D eigenvalue weighted by Gasteiger charge is 2.08. The van der Waals surface area contributed by atoms with Gasteiger partial charge in [-0.3, -0.25) is 9.78 Å². The lowest BCUT2D eigenvalue weighted by atomic mass is 10.2. The standard InChI is InChI=1S/C13H8BrN3O/c14-11-3-1-2-4-12(11)17-13(18)10-5-9(6-15)7-16-8-10/h1-5,7-8H,(H,17,18). The summed E-state index contributed by atoms with van der Waals surface area (Å²) < 4.78 is 0.794. The molecule has 1 N–H and O–H groups in total. The molecule has 88 valence electrons. The average molecular weight is 302 g/mol. The summed E-state index contributed by atoms with van der Waals surface area (Å²) in [5.74, 6) is -0.300. The molecule has 0 saturated carbocycles. The van der Waals surface area contributed by atoms with Crippen LogP contribution < -0.4 is 5.32 Å². The number of amides is 1. The second-order valence-electron chi connectivity index (χ2n) is 3.51. The smallest absolute Gasteiger partial charge is 0.257 e. The van der Waals surface area contributed by atoms with Gasteiger partial charge in [-0.05, 0) is 34.1 Å². The van der Waals surface area contributed by atoms with Gasteiger partial charge in [-0.25, -0.2) is 0 Å². The van der Waals surface area contributed by atoms with Gasteiger partial charge in [-0.2, -0.15) is 5.26 Å². The number of anilines is 1. The maximum Gasteiger partial charge on any atom is 0.257 e. The summed E-state index contributed by atoms with van der Waals surface area (Å²) in [5, 5.41) is 11.5. The topological polar surface area (TPSA) is 65.8 Å². The van der Waals surface area contributed by atoms with Crippen LogP contribution in [0.2, 0.25) is 0 Å². The van der Waals surface area contributed by atoms with Crippen molar-refractivity contribution >= 4 is 27.5 Å². The van der Waals surface area contributed by atoms with Crippen molar-refractivity contribution in [2.75, 3.05) is 5.32 Å². The molecule has 18 heavy (non-hydrogen) atoms. The molecule has 0 bridgehead atoms. The lowest BCUT2D eigenvalue weighted by Crippen LogP contribution is -2.12. The normalized spacial score (nSPS) is 9.56. The number of benzene rings is 1. The van der Waals surface area contributed by atoms with Gasteiger partial charge in [0.2, 0.25) is 0 Å². The Labute approximate surface area is 112 Å². The lowest BCUT2D eigenvalue weighted by Gasteiger charge is -2.06. The lowest BCUT2D eigenvalue weighted by molar-refractivity contribution is 0.102. The van der Waals surface area contributed by atoms with E-state index in [1.807, 2.05) is 24.3 Å². The highest BCUT2D eigenvalue weighted by Crippen LogP contribution is 2.21. The number of carbonyl (C=O) groups excluding carboxylic acids is 1. The van der Waals surface area contributed by atoms with Crippen molar-refractivity contribution < 1.29 is 4.79 Å². The summed E-state index contributed by atoms with van der Waals surface area (Å²) in [5.41, 5.74) is 1.38. The molecule has 1 aromatic carbocycles. The van der Waals surface area contributed by atoms with Crippen LogP contribution >= 0.6 is 15.9 Å². The van der Waals surface area contributed by atoms with Gasteiger partial charge in [0.05, 0.1) is 16.8 Å². The summed E-state index contributed by atoms with van der Waals surface area (Å²) in [6.07, 6.45) is 2.84. The van der Waals surface area contributed by atoms with Crippen molar-refractivity contribution in [2.45, 2.75) is 0 Å². The Bertz CT molecular complexity index is 634. The number of hydrogen-bond donors (Lipinski definition) is 1. The van der Waals surface area contributed by atoms with E-state index in [2.05, 4.69) is 26.2 Å². The van der Waals surface area contributed by atoms with Crippen LogP contribution in [0.15, 0.2) is 47.2 Å². The molecule has 0 unspecified atom stereocenters. The molecule has 0 spiro atoms. The number of aromatic nitrogens is 1. The molecule has 0 aliphatic heterocycles. The number of carbonyl (C=O) groups is 1. The molecule has 2 aromatic rings. The molecule has 2 rings (SSSR count). The third kappa shape index (κ3) is 2.73. The molecule has 0 aliphatic carbocycles. The largest absolute Gasteiger partial charge is 0.321 e. The third-order valence-corrected chi connectivity index (χ3v) is 2.94. The Kier molecular flexibility index (Phi) is 3.70. The molecule has 0 fully saturated rings. The summed E-state index contributed by atoms with van der Waals surface area (Å²) >= 11 is 3.34. The number of nitriles is 1. The molecule has 1 aromatic heterocycles. The number of pyridine rings is 1. The van der Waals surface area contributed by atoms with Gasteiger partial charge in [-0.1, -0.05) is 12.1 Å². The van der Waals surface area contributed by atoms with Gasteiger partial charge in [-0.15, -0.1) is 0 Å². The number of rotatable bonds is 2. The molecule has 0 radical (unpaired) electrons. The van der Waals surface area contributed by atoms with Crippen LogP contribution in [0.25, 0.3) is 0 Å². The second kappa shape index (κ2) is 5.43. The van der Waals surface area contributed by atoms with Crippen molar-refractivity contribution in [1.82, 2.24) is 4.98 Å². The van der Waals surface area contributed by atoms with Crippen LogP contribution in [0.5, 0.6) is 0 Å². The number of hydrogen-bond acceptors (Lipinski definition) is 3. The molecule has 5 heteroatoms.